The van der Waals surface area contributed by atoms with Crippen molar-refractivity contribution >= 4 is 11.3 Å². The summed E-state index contributed by atoms with van der Waals surface area (Å²) in [5.41, 5.74) is 0. The molecule has 90 valence electrons. The van der Waals surface area contributed by atoms with Gasteiger partial charge in [0, 0.05) is 30.7 Å². The van der Waals surface area contributed by atoms with Gasteiger partial charge in [0.1, 0.15) is 0 Å². The summed E-state index contributed by atoms with van der Waals surface area (Å²) in [5.74, 6) is 0.803. The van der Waals surface area contributed by atoms with Crippen molar-refractivity contribution in [2.24, 2.45) is 5.92 Å². The van der Waals surface area contributed by atoms with Crippen LogP contribution in [0.5, 0.6) is 0 Å². The summed E-state index contributed by atoms with van der Waals surface area (Å²) in [4.78, 5) is 1.48. The lowest BCUT2D eigenvalue weighted by atomic mass is 9.93. The molecular formula is C13H21NOS. The minimum atomic E-state index is 0.629. The molecule has 0 aromatic carbocycles. The third-order valence-electron chi connectivity index (χ3n) is 3.39. The van der Waals surface area contributed by atoms with Crippen LogP contribution in [0, 0.1) is 5.92 Å². The topological polar surface area (TPSA) is 21.3 Å². The van der Waals surface area contributed by atoms with Gasteiger partial charge in [0.05, 0.1) is 0 Å². The second-order valence-corrected chi connectivity index (χ2v) is 5.55. The molecule has 0 bridgehead atoms. The number of nitrogens with one attached hydrogen (secondary N) is 1. The Labute approximate surface area is 102 Å². The highest BCUT2D eigenvalue weighted by Crippen LogP contribution is 2.18. The molecule has 0 spiro atoms. The second-order valence-electron chi connectivity index (χ2n) is 4.52. The first-order chi connectivity index (χ1) is 7.86. The Morgan fingerprint density at radius 1 is 1.50 bits per heavy atom. The molecule has 1 aromatic rings. The molecule has 0 saturated carbocycles. The van der Waals surface area contributed by atoms with Crippen LogP contribution in [0.3, 0.4) is 0 Å². The van der Waals surface area contributed by atoms with E-state index in [1.807, 2.05) is 11.3 Å². The van der Waals surface area contributed by atoms with Gasteiger partial charge in [-0.1, -0.05) is 6.07 Å². The molecule has 0 radical (unpaired) electrons. The van der Waals surface area contributed by atoms with E-state index in [-0.39, 0.29) is 0 Å². The lowest BCUT2D eigenvalue weighted by Gasteiger charge is -2.28. The molecule has 2 rings (SSSR count). The molecule has 3 heteroatoms. The Balaban J connectivity index is 1.65. The molecule has 0 amide bonds. The standard InChI is InChI=1S/C13H21NOS/c1-11(12-5-8-15-9-6-12)14-7-4-13-3-2-10-16-13/h2-3,10-12,14H,4-9H2,1H3. The molecule has 2 nitrogen and oxygen atoms in total. The van der Waals surface area contributed by atoms with Crippen molar-refractivity contribution in [3.8, 4) is 0 Å². The number of hydrogen-bond acceptors (Lipinski definition) is 3. The minimum absolute atomic E-state index is 0.629. The Bertz CT molecular complexity index is 280. The Morgan fingerprint density at radius 2 is 2.31 bits per heavy atom. The molecule has 16 heavy (non-hydrogen) atoms. The number of hydrogen-bond donors (Lipinski definition) is 1. The molecular weight excluding hydrogens is 218 g/mol. The highest BCUT2D eigenvalue weighted by Gasteiger charge is 2.19. The fraction of sp³-hybridized carbons (Fsp3) is 0.692. The number of ether oxygens (including phenoxy) is 1. The molecule has 0 aliphatic carbocycles. The predicted molar refractivity (Wildman–Crippen MR) is 69.0 cm³/mol. The predicted octanol–water partition coefficient (Wildman–Crippen LogP) is 2.70. The smallest absolute Gasteiger partial charge is 0.0469 e. The van der Waals surface area contributed by atoms with Crippen molar-refractivity contribution < 1.29 is 4.74 Å². The van der Waals surface area contributed by atoms with Crippen molar-refractivity contribution in [3.05, 3.63) is 22.4 Å². The second kappa shape index (κ2) is 6.38. The average molecular weight is 239 g/mol. The van der Waals surface area contributed by atoms with E-state index in [0.717, 1.165) is 32.1 Å². The van der Waals surface area contributed by atoms with Crippen LogP contribution in [0.2, 0.25) is 0 Å². The van der Waals surface area contributed by atoms with Crippen molar-refractivity contribution in [1.82, 2.24) is 5.32 Å². The van der Waals surface area contributed by atoms with Gasteiger partial charge in [-0.15, -0.1) is 11.3 Å². The third-order valence-corrected chi connectivity index (χ3v) is 4.33. The fourth-order valence-electron chi connectivity index (χ4n) is 2.26. The van der Waals surface area contributed by atoms with Crippen LogP contribution in [0.15, 0.2) is 17.5 Å². The third kappa shape index (κ3) is 3.58. The molecule has 2 heterocycles. The van der Waals surface area contributed by atoms with Gasteiger partial charge in [0.25, 0.3) is 0 Å². The lowest BCUT2D eigenvalue weighted by Crippen LogP contribution is -2.37. The fourth-order valence-corrected chi connectivity index (χ4v) is 2.97. The van der Waals surface area contributed by atoms with Crippen LogP contribution in [0.1, 0.15) is 24.6 Å². The molecule has 1 fully saturated rings. The summed E-state index contributed by atoms with van der Waals surface area (Å²) >= 11 is 1.85. The van der Waals surface area contributed by atoms with Gasteiger partial charge in [0.15, 0.2) is 0 Å². The summed E-state index contributed by atoms with van der Waals surface area (Å²) < 4.78 is 5.39. The Morgan fingerprint density at radius 3 is 3.00 bits per heavy atom. The zero-order valence-corrected chi connectivity index (χ0v) is 10.8. The van der Waals surface area contributed by atoms with Gasteiger partial charge >= 0.3 is 0 Å². The van der Waals surface area contributed by atoms with Gasteiger partial charge in [-0.3, -0.25) is 0 Å². The highest BCUT2D eigenvalue weighted by atomic mass is 32.1. The Kier molecular flexibility index (Phi) is 4.82. The number of rotatable bonds is 5. The van der Waals surface area contributed by atoms with Crippen LogP contribution in [-0.4, -0.2) is 25.8 Å². The van der Waals surface area contributed by atoms with E-state index in [9.17, 15) is 0 Å². The normalized spacial score (nSPS) is 19.8. The van der Waals surface area contributed by atoms with Crippen LogP contribution < -0.4 is 5.32 Å². The molecule has 1 aromatic heterocycles. The summed E-state index contributed by atoms with van der Waals surface area (Å²) in [6.07, 6.45) is 3.59. The summed E-state index contributed by atoms with van der Waals surface area (Å²) in [6, 6.07) is 4.97. The van der Waals surface area contributed by atoms with Crippen molar-refractivity contribution in [1.29, 1.82) is 0 Å². The minimum Gasteiger partial charge on any atom is -0.381 e. The zero-order chi connectivity index (χ0) is 11.2. The summed E-state index contributed by atoms with van der Waals surface area (Å²) in [6.45, 7) is 5.30. The molecule has 1 aliphatic heterocycles. The van der Waals surface area contributed by atoms with Crippen LogP contribution >= 0.6 is 11.3 Å². The summed E-state index contributed by atoms with van der Waals surface area (Å²) in [5, 5.41) is 5.79. The highest BCUT2D eigenvalue weighted by molar-refractivity contribution is 7.09. The first-order valence-electron chi connectivity index (χ1n) is 6.20. The SMILES string of the molecule is CC(NCCc1cccs1)C1CCOCC1. The first kappa shape index (κ1) is 12.1. The maximum atomic E-state index is 5.39. The first-order valence-corrected chi connectivity index (χ1v) is 7.08. The largest absolute Gasteiger partial charge is 0.381 e. The van der Waals surface area contributed by atoms with Crippen molar-refractivity contribution in [2.45, 2.75) is 32.2 Å². The molecule has 1 aliphatic rings. The van der Waals surface area contributed by atoms with E-state index in [0.29, 0.717) is 6.04 Å². The zero-order valence-electron chi connectivity index (χ0n) is 9.95. The van der Waals surface area contributed by atoms with Crippen LogP contribution in [-0.2, 0) is 11.2 Å². The van der Waals surface area contributed by atoms with Crippen LogP contribution in [0.4, 0.5) is 0 Å². The quantitative estimate of drug-likeness (QED) is 0.853. The van der Waals surface area contributed by atoms with E-state index < -0.39 is 0 Å². The van der Waals surface area contributed by atoms with E-state index in [4.69, 9.17) is 4.74 Å². The number of thiophene rings is 1. The van der Waals surface area contributed by atoms with Crippen LogP contribution in [0.25, 0.3) is 0 Å². The van der Waals surface area contributed by atoms with Gasteiger partial charge in [-0.2, -0.15) is 0 Å². The molecule has 1 unspecified atom stereocenters. The average Bonchev–Trinajstić information content (AvgIpc) is 2.83. The molecule has 1 atom stereocenters. The Hall–Kier alpha value is -0.380. The van der Waals surface area contributed by atoms with E-state index >= 15 is 0 Å². The van der Waals surface area contributed by atoms with Gasteiger partial charge in [0.2, 0.25) is 0 Å². The lowest BCUT2D eigenvalue weighted by molar-refractivity contribution is 0.0561. The van der Waals surface area contributed by atoms with E-state index in [1.54, 1.807) is 0 Å². The van der Waals surface area contributed by atoms with Crippen molar-refractivity contribution in [3.63, 3.8) is 0 Å². The maximum absolute atomic E-state index is 5.39. The molecule has 1 N–H and O–H groups in total. The monoisotopic (exact) mass is 239 g/mol. The van der Waals surface area contributed by atoms with E-state index in [2.05, 4.69) is 29.8 Å². The summed E-state index contributed by atoms with van der Waals surface area (Å²) in [7, 11) is 0. The molecule has 1 saturated heterocycles. The van der Waals surface area contributed by atoms with Gasteiger partial charge in [-0.05, 0) is 43.6 Å². The van der Waals surface area contributed by atoms with Crippen molar-refractivity contribution in [2.75, 3.05) is 19.8 Å². The van der Waals surface area contributed by atoms with E-state index in [1.165, 1.54) is 17.7 Å². The van der Waals surface area contributed by atoms with Gasteiger partial charge < -0.3 is 10.1 Å². The van der Waals surface area contributed by atoms with Gasteiger partial charge in [-0.25, -0.2) is 0 Å². The maximum Gasteiger partial charge on any atom is 0.0469 e.